The van der Waals surface area contributed by atoms with E-state index >= 15 is 0 Å². The van der Waals surface area contributed by atoms with Crippen molar-refractivity contribution in [3.8, 4) is 0 Å². The summed E-state index contributed by atoms with van der Waals surface area (Å²) in [6, 6.07) is 16.0. The van der Waals surface area contributed by atoms with Gasteiger partial charge in [-0.05, 0) is 72.0 Å². The number of fused-ring (bicyclic) bond motifs is 1. The number of sulfonamides is 1. The van der Waals surface area contributed by atoms with Crippen LogP contribution < -0.4 is 4.31 Å². The second-order valence-electron chi connectivity index (χ2n) is 7.62. The molecule has 1 aliphatic rings. The Kier molecular flexibility index (Phi) is 5.87. The lowest BCUT2D eigenvalue weighted by Crippen LogP contribution is -2.35. The van der Waals surface area contributed by atoms with Crippen molar-refractivity contribution in [3.05, 3.63) is 95.1 Å². The first-order valence-electron chi connectivity index (χ1n) is 9.99. The lowest BCUT2D eigenvalue weighted by Gasteiger charge is -2.31. The maximum absolute atomic E-state index is 13.2. The summed E-state index contributed by atoms with van der Waals surface area (Å²) in [5, 5.41) is 0. The highest BCUT2D eigenvalue weighted by Crippen LogP contribution is 2.33. The van der Waals surface area contributed by atoms with E-state index in [9.17, 15) is 22.0 Å². The smallest absolute Gasteiger partial charge is 0.264 e. The van der Waals surface area contributed by atoms with Crippen molar-refractivity contribution in [1.82, 2.24) is 0 Å². The van der Waals surface area contributed by atoms with Crippen LogP contribution >= 0.6 is 0 Å². The molecule has 1 heterocycles. The Labute approximate surface area is 180 Å². The number of carbonyl (C=O) groups is 1. The van der Waals surface area contributed by atoms with Crippen molar-refractivity contribution in [3.63, 3.8) is 0 Å². The molecule has 0 amide bonds. The van der Waals surface area contributed by atoms with Gasteiger partial charge in [-0.2, -0.15) is 0 Å². The van der Waals surface area contributed by atoms with Crippen molar-refractivity contribution < 1.29 is 22.0 Å². The van der Waals surface area contributed by atoms with Crippen molar-refractivity contribution >= 4 is 21.5 Å². The third-order valence-electron chi connectivity index (χ3n) is 5.34. The highest BCUT2D eigenvalue weighted by molar-refractivity contribution is 7.92. The summed E-state index contributed by atoms with van der Waals surface area (Å²) in [4.78, 5) is 12.5. The molecule has 3 aromatic carbocycles. The lowest BCUT2D eigenvalue weighted by molar-refractivity contribution is -0.117. The molecule has 0 atom stereocenters. The Morgan fingerprint density at radius 1 is 0.839 bits per heavy atom. The average molecular weight is 441 g/mol. The maximum atomic E-state index is 13.2. The Morgan fingerprint density at radius 3 is 2.10 bits per heavy atom. The Balaban J connectivity index is 1.58. The van der Waals surface area contributed by atoms with E-state index in [0.717, 1.165) is 29.7 Å². The molecule has 0 N–H and O–H groups in total. The molecular weight excluding hydrogens is 420 g/mol. The third-order valence-corrected chi connectivity index (χ3v) is 7.17. The number of halogens is 2. The van der Waals surface area contributed by atoms with E-state index in [1.807, 2.05) is 12.1 Å². The van der Waals surface area contributed by atoms with Gasteiger partial charge in [-0.15, -0.1) is 0 Å². The van der Waals surface area contributed by atoms with Gasteiger partial charge >= 0.3 is 0 Å². The quantitative estimate of drug-likeness (QED) is 0.568. The molecule has 0 aliphatic carbocycles. The van der Waals surface area contributed by atoms with E-state index in [1.165, 1.54) is 28.6 Å². The van der Waals surface area contributed by atoms with Crippen LogP contribution in [-0.4, -0.2) is 20.7 Å². The number of benzene rings is 3. The Bertz CT molecular complexity index is 1210. The number of Topliss-reactive ketones (excluding diaryl/α,β-unsaturated/α-hetero) is 1. The lowest BCUT2D eigenvalue weighted by atomic mass is 9.97. The predicted octanol–water partition coefficient (Wildman–Crippen LogP) is 4.46. The van der Waals surface area contributed by atoms with E-state index in [-0.39, 0.29) is 29.3 Å². The van der Waals surface area contributed by atoms with Crippen LogP contribution in [0.5, 0.6) is 0 Å². The van der Waals surface area contributed by atoms with Gasteiger partial charge in [0.05, 0.1) is 10.6 Å². The summed E-state index contributed by atoms with van der Waals surface area (Å²) in [7, 11) is -3.84. The molecule has 4 nitrogen and oxygen atoms in total. The van der Waals surface area contributed by atoms with E-state index in [1.54, 1.807) is 18.2 Å². The number of ketones is 1. The number of hydrogen-bond acceptors (Lipinski definition) is 3. The Morgan fingerprint density at radius 2 is 1.42 bits per heavy atom. The van der Waals surface area contributed by atoms with Crippen LogP contribution in [0.2, 0.25) is 0 Å². The number of carbonyl (C=O) groups excluding carboxylic acids is 1. The van der Waals surface area contributed by atoms with Crippen LogP contribution in [-0.2, 0) is 34.1 Å². The van der Waals surface area contributed by atoms with Crippen LogP contribution in [0.15, 0.2) is 71.6 Å². The summed E-state index contributed by atoms with van der Waals surface area (Å²) >= 11 is 0. The molecule has 3 aromatic rings. The van der Waals surface area contributed by atoms with E-state index in [0.29, 0.717) is 24.2 Å². The second-order valence-corrected chi connectivity index (χ2v) is 9.48. The van der Waals surface area contributed by atoms with Crippen LogP contribution in [0, 0.1) is 11.6 Å². The second kappa shape index (κ2) is 8.59. The van der Waals surface area contributed by atoms with Gasteiger partial charge in [-0.3, -0.25) is 9.10 Å². The zero-order chi connectivity index (χ0) is 22.0. The van der Waals surface area contributed by atoms with Gasteiger partial charge in [0, 0.05) is 19.4 Å². The molecule has 0 fully saturated rings. The molecule has 7 heteroatoms. The zero-order valence-corrected chi connectivity index (χ0v) is 17.5. The van der Waals surface area contributed by atoms with Crippen molar-refractivity contribution in [1.29, 1.82) is 0 Å². The van der Waals surface area contributed by atoms with Gasteiger partial charge in [0.2, 0.25) is 0 Å². The molecule has 1 aliphatic heterocycles. The third kappa shape index (κ3) is 4.66. The molecule has 0 saturated carbocycles. The molecule has 0 saturated heterocycles. The molecule has 4 rings (SSSR count). The maximum Gasteiger partial charge on any atom is 0.264 e. The van der Waals surface area contributed by atoms with Crippen molar-refractivity contribution in [2.75, 3.05) is 10.8 Å². The predicted molar refractivity (Wildman–Crippen MR) is 115 cm³/mol. The van der Waals surface area contributed by atoms with Gasteiger partial charge < -0.3 is 0 Å². The van der Waals surface area contributed by atoms with E-state index < -0.39 is 15.8 Å². The SMILES string of the molecule is O=C(Cc1ccc(F)cc1)Cc1ccc2c(c1)N(S(=O)(=O)c1ccc(F)cc1)CCC2. The molecule has 0 radical (unpaired) electrons. The molecule has 31 heavy (non-hydrogen) atoms. The number of hydrogen-bond donors (Lipinski definition) is 0. The minimum Gasteiger partial charge on any atom is -0.299 e. The van der Waals surface area contributed by atoms with E-state index in [4.69, 9.17) is 0 Å². The normalized spacial score (nSPS) is 13.7. The Hall–Kier alpha value is -3.06. The summed E-state index contributed by atoms with van der Waals surface area (Å²) in [5.74, 6) is -0.899. The largest absolute Gasteiger partial charge is 0.299 e. The molecule has 0 unspecified atom stereocenters. The number of rotatable bonds is 6. The van der Waals surface area contributed by atoms with Crippen LogP contribution in [0.25, 0.3) is 0 Å². The van der Waals surface area contributed by atoms with E-state index in [2.05, 4.69) is 0 Å². The fraction of sp³-hybridized carbons (Fsp3) is 0.208. The molecular formula is C24H21F2NO3S. The van der Waals surface area contributed by atoms with Crippen molar-refractivity contribution in [2.24, 2.45) is 0 Å². The minimum absolute atomic E-state index is 0.0274. The van der Waals surface area contributed by atoms with Gasteiger partial charge in [0.1, 0.15) is 17.4 Å². The molecule has 160 valence electrons. The fourth-order valence-corrected chi connectivity index (χ4v) is 5.33. The first-order chi connectivity index (χ1) is 14.8. The topological polar surface area (TPSA) is 54.5 Å². The molecule has 0 aromatic heterocycles. The van der Waals surface area contributed by atoms with Gasteiger partial charge in [0.25, 0.3) is 10.0 Å². The van der Waals surface area contributed by atoms with Crippen LogP contribution in [0.3, 0.4) is 0 Å². The highest BCUT2D eigenvalue weighted by Gasteiger charge is 2.29. The van der Waals surface area contributed by atoms with Gasteiger partial charge in [-0.25, -0.2) is 17.2 Å². The summed E-state index contributed by atoms with van der Waals surface area (Å²) in [5.41, 5.74) is 2.89. The molecule has 0 spiro atoms. The average Bonchev–Trinajstić information content (AvgIpc) is 2.75. The van der Waals surface area contributed by atoms with Crippen LogP contribution in [0.1, 0.15) is 23.1 Å². The summed E-state index contributed by atoms with van der Waals surface area (Å²) < 4.78 is 54.0. The monoisotopic (exact) mass is 441 g/mol. The summed E-state index contributed by atoms with van der Waals surface area (Å²) in [6.07, 6.45) is 1.74. The fourth-order valence-electron chi connectivity index (χ4n) is 3.80. The first kappa shape index (κ1) is 21.2. The van der Waals surface area contributed by atoms with Crippen LogP contribution in [0.4, 0.5) is 14.5 Å². The number of anilines is 1. The standard InChI is InChI=1S/C24H21F2NO3S/c25-20-7-4-17(5-8-20)14-22(28)15-18-3-6-19-2-1-13-27(24(19)16-18)31(29,30)23-11-9-21(26)10-12-23/h3-12,16H,1-2,13-15H2. The van der Waals surface area contributed by atoms with Crippen molar-refractivity contribution in [2.45, 2.75) is 30.6 Å². The van der Waals surface area contributed by atoms with Gasteiger partial charge in [-0.1, -0.05) is 24.3 Å². The minimum atomic E-state index is -3.84. The first-order valence-corrected chi connectivity index (χ1v) is 11.4. The van der Waals surface area contributed by atoms with Gasteiger partial charge in [0.15, 0.2) is 0 Å². The number of aryl methyl sites for hydroxylation is 1. The number of nitrogens with zero attached hydrogens (tertiary/aromatic N) is 1. The highest BCUT2D eigenvalue weighted by atomic mass is 32.2. The summed E-state index contributed by atoms with van der Waals surface area (Å²) in [6.45, 7) is 0.319. The molecule has 0 bridgehead atoms. The zero-order valence-electron chi connectivity index (χ0n) is 16.7.